The predicted molar refractivity (Wildman–Crippen MR) is 102 cm³/mol. The summed E-state index contributed by atoms with van der Waals surface area (Å²) < 4.78 is 5.59. The Bertz CT molecular complexity index is 568. The van der Waals surface area contributed by atoms with Crippen molar-refractivity contribution >= 4 is 11.9 Å². The Hall–Kier alpha value is -1.62. The van der Waals surface area contributed by atoms with E-state index in [9.17, 15) is 4.79 Å². The van der Waals surface area contributed by atoms with Crippen molar-refractivity contribution in [1.82, 2.24) is 9.88 Å². The average Bonchev–Trinajstić information content (AvgIpc) is 3.00. The third-order valence-corrected chi connectivity index (χ3v) is 4.52. The van der Waals surface area contributed by atoms with E-state index in [4.69, 9.17) is 4.74 Å². The SMILES string of the molecule is CCCCN1CCCC1c1cccnc1N(CC)C(=O)OC(C)(C)C. The van der Waals surface area contributed by atoms with E-state index in [1.165, 1.54) is 19.3 Å². The van der Waals surface area contributed by atoms with Gasteiger partial charge in [-0.25, -0.2) is 9.78 Å². The van der Waals surface area contributed by atoms with E-state index in [0.29, 0.717) is 12.6 Å². The fourth-order valence-corrected chi connectivity index (χ4v) is 3.38. The van der Waals surface area contributed by atoms with Crippen LogP contribution in [0, 0.1) is 0 Å². The first-order chi connectivity index (χ1) is 11.9. The number of rotatable bonds is 6. The van der Waals surface area contributed by atoms with Gasteiger partial charge in [0.1, 0.15) is 11.4 Å². The zero-order valence-corrected chi connectivity index (χ0v) is 16.4. The number of likely N-dealkylation sites (tertiary alicyclic amines) is 1. The molecule has 0 aliphatic carbocycles. The van der Waals surface area contributed by atoms with Crippen molar-refractivity contribution in [2.75, 3.05) is 24.5 Å². The molecule has 0 spiro atoms. The summed E-state index contributed by atoms with van der Waals surface area (Å²) >= 11 is 0. The second kappa shape index (κ2) is 8.65. The van der Waals surface area contributed by atoms with Crippen LogP contribution in [-0.2, 0) is 4.74 Å². The molecule has 5 heteroatoms. The minimum atomic E-state index is -0.514. The van der Waals surface area contributed by atoms with E-state index in [1.54, 1.807) is 11.1 Å². The highest BCUT2D eigenvalue weighted by Crippen LogP contribution is 2.36. The van der Waals surface area contributed by atoms with Gasteiger partial charge in [0.25, 0.3) is 0 Å². The quantitative estimate of drug-likeness (QED) is 0.743. The molecular formula is C20H33N3O2. The first kappa shape index (κ1) is 19.7. The lowest BCUT2D eigenvalue weighted by Gasteiger charge is -2.30. The van der Waals surface area contributed by atoms with Crippen LogP contribution in [0.2, 0.25) is 0 Å². The largest absolute Gasteiger partial charge is 0.443 e. The van der Waals surface area contributed by atoms with Crippen LogP contribution in [0.5, 0.6) is 0 Å². The molecule has 0 aromatic carbocycles. The Labute approximate surface area is 152 Å². The van der Waals surface area contributed by atoms with Gasteiger partial charge in [-0.15, -0.1) is 0 Å². The van der Waals surface area contributed by atoms with Gasteiger partial charge in [0.2, 0.25) is 0 Å². The van der Waals surface area contributed by atoms with Crippen LogP contribution in [0.1, 0.15) is 71.9 Å². The van der Waals surface area contributed by atoms with E-state index in [-0.39, 0.29) is 6.09 Å². The van der Waals surface area contributed by atoms with Crippen molar-refractivity contribution in [2.24, 2.45) is 0 Å². The summed E-state index contributed by atoms with van der Waals surface area (Å²) in [6.07, 6.45) is 6.15. The third-order valence-electron chi connectivity index (χ3n) is 4.52. The zero-order chi connectivity index (χ0) is 18.4. The van der Waals surface area contributed by atoms with Gasteiger partial charge in [0.15, 0.2) is 0 Å². The fraction of sp³-hybridized carbons (Fsp3) is 0.700. The lowest BCUT2D eigenvalue weighted by Crippen LogP contribution is -2.38. The van der Waals surface area contributed by atoms with Crippen LogP contribution in [0.3, 0.4) is 0 Å². The second-order valence-corrected chi connectivity index (χ2v) is 7.69. The first-order valence-electron chi connectivity index (χ1n) is 9.56. The number of hydrogen-bond acceptors (Lipinski definition) is 4. The smallest absolute Gasteiger partial charge is 0.415 e. The zero-order valence-electron chi connectivity index (χ0n) is 16.4. The molecule has 1 amide bonds. The number of unbranched alkanes of at least 4 members (excludes halogenated alkanes) is 1. The predicted octanol–water partition coefficient (Wildman–Crippen LogP) is 4.78. The number of aromatic nitrogens is 1. The van der Waals surface area contributed by atoms with Gasteiger partial charge >= 0.3 is 6.09 Å². The molecule has 0 radical (unpaired) electrons. The van der Waals surface area contributed by atoms with Gasteiger partial charge in [-0.3, -0.25) is 9.80 Å². The number of pyridine rings is 1. The number of carbonyl (C=O) groups excluding carboxylic acids is 1. The Balaban J connectivity index is 2.28. The highest BCUT2D eigenvalue weighted by molar-refractivity contribution is 5.87. The fourth-order valence-electron chi connectivity index (χ4n) is 3.38. The maximum Gasteiger partial charge on any atom is 0.415 e. The van der Waals surface area contributed by atoms with Crippen LogP contribution in [-0.4, -0.2) is 41.2 Å². The second-order valence-electron chi connectivity index (χ2n) is 7.69. The van der Waals surface area contributed by atoms with Gasteiger partial charge < -0.3 is 4.74 Å². The van der Waals surface area contributed by atoms with Crippen molar-refractivity contribution in [2.45, 2.75) is 71.9 Å². The number of nitrogens with zero attached hydrogens (tertiary/aromatic N) is 3. The summed E-state index contributed by atoms with van der Waals surface area (Å²) in [7, 11) is 0. The van der Waals surface area contributed by atoms with Crippen LogP contribution >= 0.6 is 0 Å². The molecule has 2 heterocycles. The molecule has 0 saturated carbocycles. The van der Waals surface area contributed by atoms with Crippen molar-refractivity contribution < 1.29 is 9.53 Å². The third kappa shape index (κ3) is 5.18. The highest BCUT2D eigenvalue weighted by atomic mass is 16.6. The molecule has 0 N–H and O–H groups in total. The van der Waals surface area contributed by atoms with Crippen molar-refractivity contribution in [1.29, 1.82) is 0 Å². The van der Waals surface area contributed by atoms with Gasteiger partial charge in [-0.2, -0.15) is 0 Å². The molecule has 1 aromatic rings. The van der Waals surface area contributed by atoms with Crippen molar-refractivity contribution in [3.8, 4) is 0 Å². The van der Waals surface area contributed by atoms with Gasteiger partial charge in [0, 0.05) is 24.3 Å². The van der Waals surface area contributed by atoms with E-state index in [0.717, 1.165) is 30.9 Å². The topological polar surface area (TPSA) is 45.7 Å². The number of carbonyl (C=O) groups is 1. The van der Waals surface area contributed by atoms with Crippen molar-refractivity contribution in [3.05, 3.63) is 23.9 Å². The Morgan fingerprint density at radius 3 is 2.80 bits per heavy atom. The van der Waals surface area contributed by atoms with E-state index in [1.807, 2.05) is 33.8 Å². The van der Waals surface area contributed by atoms with Gasteiger partial charge in [-0.1, -0.05) is 19.4 Å². The molecule has 25 heavy (non-hydrogen) atoms. The number of amides is 1. The normalized spacial score (nSPS) is 18.4. The summed E-state index contributed by atoms with van der Waals surface area (Å²) in [5.74, 6) is 0.743. The summed E-state index contributed by atoms with van der Waals surface area (Å²) in [6.45, 7) is 12.6. The summed E-state index contributed by atoms with van der Waals surface area (Å²) in [5, 5.41) is 0. The summed E-state index contributed by atoms with van der Waals surface area (Å²) in [6, 6.07) is 4.43. The molecule has 0 bridgehead atoms. The number of ether oxygens (including phenoxy) is 1. The molecule has 1 aliphatic heterocycles. The Kier molecular flexibility index (Phi) is 6.82. The Morgan fingerprint density at radius 2 is 2.16 bits per heavy atom. The molecule has 1 saturated heterocycles. The number of anilines is 1. The monoisotopic (exact) mass is 347 g/mol. The minimum absolute atomic E-state index is 0.326. The van der Waals surface area contributed by atoms with Crippen LogP contribution in [0.25, 0.3) is 0 Å². The van der Waals surface area contributed by atoms with E-state index in [2.05, 4.69) is 22.9 Å². The summed E-state index contributed by atoms with van der Waals surface area (Å²) in [4.78, 5) is 21.4. The minimum Gasteiger partial charge on any atom is -0.443 e. The molecule has 1 aromatic heterocycles. The molecule has 2 rings (SSSR count). The first-order valence-corrected chi connectivity index (χ1v) is 9.56. The molecule has 140 valence electrons. The van der Waals surface area contributed by atoms with Crippen LogP contribution in [0.4, 0.5) is 10.6 Å². The van der Waals surface area contributed by atoms with Gasteiger partial charge in [-0.05, 0) is 66.1 Å². The van der Waals surface area contributed by atoms with Crippen LogP contribution < -0.4 is 4.90 Å². The van der Waals surface area contributed by atoms with E-state index >= 15 is 0 Å². The lowest BCUT2D eigenvalue weighted by molar-refractivity contribution is 0.0580. The molecule has 1 unspecified atom stereocenters. The maximum atomic E-state index is 12.7. The molecule has 1 fully saturated rings. The molecule has 1 atom stereocenters. The average molecular weight is 348 g/mol. The lowest BCUT2D eigenvalue weighted by atomic mass is 10.0. The molecule has 1 aliphatic rings. The molecule has 5 nitrogen and oxygen atoms in total. The van der Waals surface area contributed by atoms with Gasteiger partial charge in [0.05, 0.1) is 0 Å². The highest BCUT2D eigenvalue weighted by Gasteiger charge is 2.31. The van der Waals surface area contributed by atoms with Crippen molar-refractivity contribution in [3.63, 3.8) is 0 Å². The van der Waals surface area contributed by atoms with E-state index < -0.39 is 5.60 Å². The maximum absolute atomic E-state index is 12.7. The molecular weight excluding hydrogens is 314 g/mol. The number of hydrogen-bond donors (Lipinski definition) is 0. The Morgan fingerprint density at radius 1 is 1.40 bits per heavy atom. The standard InChI is InChI=1S/C20H33N3O2/c1-6-8-14-22-15-10-12-17(22)16-11-9-13-21-18(16)23(7-2)19(24)25-20(3,4)5/h9,11,13,17H,6-8,10,12,14-15H2,1-5H3. The summed E-state index contributed by atoms with van der Waals surface area (Å²) in [5.41, 5.74) is 0.628. The van der Waals surface area contributed by atoms with Crippen LogP contribution in [0.15, 0.2) is 18.3 Å².